The van der Waals surface area contributed by atoms with E-state index in [0.29, 0.717) is 0 Å². The molecule has 1 aromatic carbocycles. The number of rotatable bonds is 1. The van der Waals surface area contributed by atoms with E-state index in [4.69, 9.17) is 0 Å². The van der Waals surface area contributed by atoms with Crippen LogP contribution in [0.3, 0.4) is 0 Å². The molecule has 17 heavy (non-hydrogen) atoms. The van der Waals surface area contributed by atoms with Crippen molar-refractivity contribution in [2.75, 3.05) is 31.1 Å². The lowest BCUT2D eigenvalue weighted by Gasteiger charge is -2.31. The highest BCUT2D eigenvalue weighted by Crippen LogP contribution is 2.20. The van der Waals surface area contributed by atoms with Gasteiger partial charge in [0.05, 0.1) is 0 Å². The first-order valence-corrected chi connectivity index (χ1v) is 6.70. The smallest absolute Gasteiger partial charge is 0.0369 e. The molecule has 2 rings (SSSR count). The Hall–Kier alpha value is -1.02. The van der Waals surface area contributed by atoms with Crippen molar-refractivity contribution in [2.24, 2.45) is 5.92 Å². The topological polar surface area (TPSA) is 15.3 Å². The Morgan fingerprint density at radius 3 is 2.82 bits per heavy atom. The third-order valence-electron chi connectivity index (χ3n) is 3.66. The maximum Gasteiger partial charge on any atom is 0.0369 e. The van der Waals surface area contributed by atoms with Gasteiger partial charge >= 0.3 is 0 Å². The Labute approximate surface area is 105 Å². The van der Waals surface area contributed by atoms with E-state index in [1.54, 1.807) is 0 Å². The monoisotopic (exact) mass is 232 g/mol. The summed E-state index contributed by atoms with van der Waals surface area (Å²) in [5.74, 6) is 0.719. The largest absolute Gasteiger partial charge is 0.371 e. The molecule has 0 aliphatic carbocycles. The predicted molar refractivity (Wildman–Crippen MR) is 74.8 cm³/mol. The maximum absolute atomic E-state index is 3.50. The van der Waals surface area contributed by atoms with E-state index >= 15 is 0 Å². The summed E-state index contributed by atoms with van der Waals surface area (Å²) < 4.78 is 0. The summed E-state index contributed by atoms with van der Waals surface area (Å²) >= 11 is 0. The van der Waals surface area contributed by atoms with Gasteiger partial charge in [0.25, 0.3) is 0 Å². The SMILES string of the molecule is Cc1ccc(N2CCCNCC(C)C2)cc1C. The molecule has 1 fully saturated rings. The molecule has 1 aliphatic rings. The molecule has 1 aliphatic heterocycles. The minimum atomic E-state index is 0.719. The first-order chi connectivity index (χ1) is 8.16. The molecule has 1 saturated heterocycles. The van der Waals surface area contributed by atoms with Crippen molar-refractivity contribution in [3.05, 3.63) is 29.3 Å². The first kappa shape index (κ1) is 12.4. The standard InChI is InChI=1S/C15H24N2/c1-12-10-16-7-4-8-17(11-12)15-6-5-13(2)14(3)9-15/h5-6,9,12,16H,4,7-8,10-11H2,1-3H3. The molecule has 0 radical (unpaired) electrons. The van der Waals surface area contributed by atoms with Gasteiger partial charge in [0.15, 0.2) is 0 Å². The van der Waals surface area contributed by atoms with Crippen molar-refractivity contribution >= 4 is 5.69 Å². The summed E-state index contributed by atoms with van der Waals surface area (Å²) in [6.07, 6.45) is 1.24. The summed E-state index contributed by atoms with van der Waals surface area (Å²) in [5, 5.41) is 3.50. The van der Waals surface area contributed by atoms with E-state index in [2.05, 4.69) is 49.2 Å². The van der Waals surface area contributed by atoms with Crippen LogP contribution in [0, 0.1) is 19.8 Å². The van der Waals surface area contributed by atoms with Crippen LogP contribution in [-0.4, -0.2) is 26.2 Å². The quantitative estimate of drug-likeness (QED) is 0.801. The minimum absolute atomic E-state index is 0.719. The minimum Gasteiger partial charge on any atom is -0.371 e. The molecule has 1 atom stereocenters. The Morgan fingerprint density at radius 2 is 2.06 bits per heavy atom. The zero-order valence-electron chi connectivity index (χ0n) is 11.3. The van der Waals surface area contributed by atoms with Gasteiger partial charge in [0.2, 0.25) is 0 Å². The molecule has 1 heterocycles. The van der Waals surface area contributed by atoms with E-state index < -0.39 is 0 Å². The number of anilines is 1. The maximum atomic E-state index is 3.50. The fourth-order valence-electron chi connectivity index (χ4n) is 2.43. The Bertz CT molecular complexity index is 373. The van der Waals surface area contributed by atoms with Gasteiger partial charge in [0.1, 0.15) is 0 Å². The van der Waals surface area contributed by atoms with Crippen LogP contribution >= 0.6 is 0 Å². The number of benzene rings is 1. The number of aryl methyl sites for hydroxylation is 2. The van der Waals surface area contributed by atoms with Gasteiger partial charge in [0, 0.05) is 18.8 Å². The molecule has 0 saturated carbocycles. The van der Waals surface area contributed by atoms with E-state index in [1.807, 2.05) is 0 Å². The molecule has 0 aromatic heterocycles. The van der Waals surface area contributed by atoms with Crippen molar-refractivity contribution < 1.29 is 0 Å². The average molecular weight is 232 g/mol. The third-order valence-corrected chi connectivity index (χ3v) is 3.66. The van der Waals surface area contributed by atoms with Crippen molar-refractivity contribution in [3.63, 3.8) is 0 Å². The molecular weight excluding hydrogens is 208 g/mol. The second-order valence-electron chi connectivity index (χ2n) is 5.38. The van der Waals surface area contributed by atoms with Gasteiger partial charge in [-0.15, -0.1) is 0 Å². The molecular formula is C15H24N2. The number of hydrogen-bond acceptors (Lipinski definition) is 2. The van der Waals surface area contributed by atoms with Crippen LogP contribution in [0.15, 0.2) is 18.2 Å². The zero-order chi connectivity index (χ0) is 12.3. The summed E-state index contributed by atoms with van der Waals surface area (Å²) in [6, 6.07) is 6.84. The van der Waals surface area contributed by atoms with Crippen molar-refractivity contribution in [1.29, 1.82) is 0 Å². The van der Waals surface area contributed by atoms with Crippen LogP contribution in [-0.2, 0) is 0 Å². The highest BCUT2D eigenvalue weighted by Gasteiger charge is 2.13. The normalized spacial score (nSPS) is 22.1. The third kappa shape index (κ3) is 3.22. The summed E-state index contributed by atoms with van der Waals surface area (Å²) in [4.78, 5) is 2.54. The predicted octanol–water partition coefficient (Wildman–Crippen LogP) is 2.74. The average Bonchev–Trinajstić information content (AvgIpc) is 2.27. The fourth-order valence-corrected chi connectivity index (χ4v) is 2.43. The van der Waals surface area contributed by atoms with Crippen LogP contribution in [0.2, 0.25) is 0 Å². The molecule has 1 N–H and O–H groups in total. The Balaban J connectivity index is 2.15. The zero-order valence-corrected chi connectivity index (χ0v) is 11.3. The van der Waals surface area contributed by atoms with Crippen LogP contribution in [0.1, 0.15) is 24.5 Å². The summed E-state index contributed by atoms with van der Waals surface area (Å²) in [5.41, 5.74) is 4.17. The van der Waals surface area contributed by atoms with Crippen molar-refractivity contribution in [1.82, 2.24) is 5.32 Å². The number of hydrogen-bond donors (Lipinski definition) is 1. The molecule has 2 nitrogen and oxygen atoms in total. The van der Waals surface area contributed by atoms with Crippen LogP contribution < -0.4 is 10.2 Å². The van der Waals surface area contributed by atoms with Crippen LogP contribution in [0.25, 0.3) is 0 Å². The molecule has 2 heteroatoms. The Morgan fingerprint density at radius 1 is 1.24 bits per heavy atom. The molecule has 1 unspecified atom stereocenters. The van der Waals surface area contributed by atoms with Crippen LogP contribution in [0.5, 0.6) is 0 Å². The van der Waals surface area contributed by atoms with Gasteiger partial charge < -0.3 is 10.2 Å². The van der Waals surface area contributed by atoms with Crippen molar-refractivity contribution in [2.45, 2.75) is 27.2 Å². The van der Waals surface area contributed by atoms with Gasteiger partial charge in [-0.2, -0.15) is 0 Å². The lowest BCUT2D eigenvalue weighted by atomic mass is 10.1. The molecule has 0 amide bonds. The first-order valence-electron chi connectivity index (χ1n) is 6.70. The van der Waals surface area contributed by atoms with E-state index in [0.717, 1.165) is 25.6 Å². The van der Waals surface area contributed by atoms with E-state index in [9.17, 15) is 0 Å². The Kier molecular flexibility index (Phi) is 4.06. The van der Waals surface area contributed by atoms with E-state index in [1.165, 1.54) is 29.8 Å². The molecule has 0 bridgehead atoms. The lowest BCUT2D eigenvalue weighted by molar-refractivity contribution is 0.468. The fraction of sp³-hybridized carbons (Fsp3) is 0.600. The summed E-state index contributed by atoms with van der Waals surface area (Å²) in [6.45, 7) is 11.3. The van der Waals surface area contributed by atoms with Gasteiger partial charge in [-0.1, -0.05) is 13.0 Å². The van der Waals surface area contributed by atoms with Crippen molar-refractivity contribution in [3.8, 4) is 0 Å². The van der Waals surface area contributed by atoms with Gasteiger partial charge in [-0.25, -0.2) is 0 Å². The second-order valence-corrected chi connectivity index (χ2v) is 5.38. The van der Waals surface area contributed by atoms with Gasteiger partial charge in [-0.3, -0.25) is 0 Å². The lowest BCUT2D eigenvalue weighted by Crippen LogP contribution is -2.38. The molecule has 1 aromatic rings. The highest BCUT2D eigenvalue weighted by molar-refractivity contribution is 5.50. The van der Waals surface area contributed by atoms with Gasteiger partial charge in [-0.05, 0) is 62.5 Å². The van der Waals surface area contributed by atoms with E-state index in [-0.39, 0.29) is 0 Å². The van der Waals surface area contributed by atoms with Crippen LogP contribution in [0.4, 0.5) is 5.69 Å². The summed E-state index contributed by atoms with van der Waals surface area (Å²) in [7, 11) is 0. The molecule has 0 spiro atoms. The number of nitrogens with zero attached hydrogens (tertiary/aromatic N) is 1. The highest BCUT2D eigenvalue weighted by atomic mass is 15.1. The second kappa shape index (κ2) is 5.54. The molecule has 94 valence electrons. The number of nitrogens with one attached hydrogen (secondary N) is 1.